The van der Waals surface area contributed by atoms with E-state index in [9.17, 15) is 19.1 Å². The van der Waals surface area contributed by atoms with Crippen LogP contribution in [0.15, 0.2) is 12.3 Å². The number of aliphatic hydroxyl groups is 1. The Labute approximate surface area is 165 Å². The molecule has 0 saturated heterocycles. The number of aromatic nitrogens is 1. The van der Waals surface area contributed by atoms with Gasteiger partial charge in [0.25, 0.3) is 0 Å². The van der Waals surface area contributed by atoms with E-state index in [4.69, 9.17) is 4.74 Å². The van der Waals surface area contributed by atoms with Crippen molar-refractivity contribution in [3.63, 3.8) is 0 Å². The molecule has 1 atom stereocenters. The number of pyridine rings is 1. The number of carbonyl (C=O) groups excluding carboxylic acids is 2. The third kappa shape index (κ3) is 6.44. The van der Waals surface area contributed by atoms with Crippen molar-refractivity contribution in [1.29, 1.82) is 0 Å². The van der Waals surface area contributed by atoms with Gasteiger partial charge in [0.05, 0.1) is 12.8 Å². The maximum absolute atomic E-state index is 13.5. The Morgan fingerprint density at radius 1 is 1.32 bits per heavy atom. The lowest BCUT2D eigenvalue weighted by Gasteiger charge is -2.32. The molecular weight excluding hydrogens is 365 g/mol. The van der Waals surface area contributed by atoms with E-state index in [-0.39, 0.29) is 17.3 Å². The molecular formula is C20H30FN3O4. The Kier molecular flexibility index (Phi) is 7.35. The van der Waals surface area contributed by atoms with Gasteiger partial charge in [0.15, 0.2) is 0 Å². The SMILES string of the molecule is CC1CCC([C@H](NC(=O)OC(C)(C)C)C(=O)Nc2cc(CO)c(F)cn2)CC1. The molecule has 2 amide bonds. The zero-order chi connectivity index (χ0) is 20.9. The van der Waals surface area contributed by atoms with Gasteiger partial charge in [-0.2, -0.15) is 0 Å². The molecule has 0 spiro atoms. The van der Waals surface area contributed by atoms with Gasteiger partial charge >= 0.3 is 6.09 Å². The Morgan fingerprint density at radius 3 is 2.54 bits per heavy atom. The minimum atomic E-state index is -0.785. The molecule has 0 unspecified atom stereocenters. The largest absolute Gasteiger partial charge is 0.444 e. The standard InChI is InChI=1S/C20H30FN3O4/c1-12-5-7-13(8-6-12)17(24-19(27)28-20(2,3)4)18(26)23-16-9-14(11-25)15(21)10-22-16/h9-10,12-13,17,25H,5-8,11H2,1-4H3,(H,24,27)(H,22,23,26)/t12?,13?,17-/m0/s1. The van der Waals surface area contributed by atoms with Gasteiger partial charge in [-0.1, -0.05) is 19.8 Å². The van der Waals surface area contributed by atoms with Crippen LogP contribution >= 0.6 is 0 Å². The van der Waals surface area contributed by atoms with Crippen molar-refractivity contribution < 1.29 is 23.8 Å². The van der Waals surface area contributed by atoms with E-state index in [0.29, 0.717) is 5.92 Å². The number of halogens is 1. The van der Waals surface area contributed by atoms with E-state index >= 15 is 0 Å². The Morgan fingerprint density at radius 2 is 1.96 bits per heavy atom. The smallest absolute Gasteiger partial charge is 0.408 e. The van der Waals surface area contributed by atoms with Crippen molar-refractivity contribution in [3.05, 3.63) is 23.6 Å². The highest BCUT2D eigenvalue weighted by atomic mass is 19.1. The lowest BCUT2D eigenvalue weighted by molar-refractivity contribution is -0.119. The van der Waals surface area contributed by atoms with Gasteiger partial charge in [-0.15, -0.1) is 0 Å². The molecule has 8 heteroatoms. The van der Waals surface area contributed by atoms with Crippen LogP contribution in [0.5, 0.6) is 0 Å². The number of hydrogen-bond acceptors (Lipinski definition) is 5. The first-order valence-electron chi connectivity index (χ1n) is 9.64. The molecule has 3 N–H and O–H groups in total. The van der Waals surface area contributed by atoms with Crippen molar-refractivity contribution in [2.45, 2.75) is 71.6 Å². The van der Waals surface area contributed by atoms with Crippen molar-refractivity contribution in [1.82, 2.24) is 10.3 Å². The number of carbonyl (C=O) groups is 2. The fourth-order valence-corrected chi connectivity index (χ4v) is 3.33. The summed E-state index contributed by atoms with van der Waals surface area (Å²) < 4.78 is 18.8. The molecule has 0 radical (unpaired) electrons. The summed E-state index contributed by atoms with van der Waals surface area (Å²) in [6.07, 6.45) is 3.87. The number of hydrogen-bond donors (Lipinski definition) is 3. The van der Waals surface area contributed by atoms with Crippen molar-refractivity contribution >= 4 is 17.8 Å². The highest BCUT2D eigenvalue weighted by Gasteiger charge is 2.34. The summed E-state index contributed by atoms with van der Waals surface area (Å²) in [7, 11) is 0. The highest BCUT2D eigenvalue weighted by molar-refractivity contribution is 5.96. The van der Waals surface area contributed by atoms with Crippen LogP contribution in [-0.2, 0) is 16.1 Å². The van der Waals surface area contributed by atoms with E-state index < -0.39 is 36.1 Å². The first kappa shape index (κ1) is 22.1. The molecule has 1 aromatic heterocycles. The number of nitrogens with zero attached hydrogens (tertiary/aromatic N) is 1. The van der Waals surface area contributed by atoms with Crippen LogP contribution < -0.4 is 10.6 Å². The van der Waals surface area contributed by atoms with E-state index in [0.717, 1.165) is 31.9 Å². The molecule has 1 fully saturated rings. The third-order valence-corrected chi connectivity index (χ3v) is 4.84. The topological polar surface area (TPSA) is 101 Å². The second kappa shape index (κ2) is 9.32. The van der Waals surface area contributed by atoms with E-state index in [1.807, 2.05) is 0 Å². The average Bonchev–Trinajstić information content (AvgIpc) is 2.60. The number of aliphatic hydroxyl groups excluding tert-OH is 1. The molecule has 1 saturated carbocycles. The average molecular weight is 395 g/mol. The fourth-order valence-electron chi connectivity index (χ4n) is 3.33. The first-order valence-corrected chi connectivity index (χ1v) is 9.64. The maximum atomic E-state index is 13.5. The summed E-state index contributed by atoms with van der Waals surface area (Å²) in [6, 6.07) is 0.493. The van der Waals surface area contributed by atoms with Crippen LogP contribution in [0.4, 0.5) is 15.0 Å². The van der Waals surface area contributed by atoms with Gasteiger partial charge in [0.1, 0.15) is 23.3 Å². The van der Waals surface area contributed by atoms with Crippen molar-refractivity contribution in [2.24, 2.45) is 11.8 Å². The highest BCUT2D eigenvalue weighted by Crippen LogP contribution is 2.31. The molecule has 2 rings (SSSR count). The quantitative estimate of drug-likeness (QED) is 0.710. The molecule has 0 aromatic carbocycles. The van der Waals surface area contributed by atoms with Crippen molar-refractivity contribution in [3.8, 4) is 0 Å². The summed E-state index contributed by atoms with van der Waals surface area (Å²) in [6.45, 7) is 6.93. The Bertz CT molecular complexity index is 697. The van der Waals surface area contributed by atoms with E-state index in [1.54, 1.807) is 20.8 Å². The molecule has 1 aliphatic rings. The normalized spacial score (nSPS) is 20.9. The van der Waals surface area contributed by atoms with Crippen molar-refractivity contribution in [2.75, 3.05) is 5.32 Å². The van der Waals surface area contributed by atoms with Crippen LogP contribution in [0.2, 0.25) is 0 Å². The number of amides is 2. The second-order valence-electron chi connectivity index (χ2n) is 8.45. The summed E-state index contributed by atoms with van der Waals surface area (Å²) in [5.74, 6) is -0.400. The zero-order valence-electron chi connectivity index (χ0n) is 16.9. The number of nitrogens with one attached hydrogen (secondary N) is 2. The molecule has 0 aliphatic heterocycles. The Balaban J connectivity index is 2.15. The molecule has 7 nitrogen and oxygen atoms in total. The van der Waals surface area contributed by atoms with Gasteiger partial charge in [0, 0.05) is 5.56 Å². The minimum absolute atomic E-state index is 0.0264. The number of alkyl carbamates (subject to hydrolysis) is 1. The minimum Gasteiger partial charge on any atom is -0.444 e. The van der Waals surface area contributed by atoms with E-state index in [2.05, 4.69) is 22.5 Å². The fraction of sp³-hybridized carbons (Fsp3) is 0.650. The monoisotopic (exact) mass is 395 g/mol. The van der Waals surface area contributed by atoms with Gasteiger partial charge in [-0.25, -0.2) is 14.2 Å². The van der Waals surface area contributed by atoms with Gasteiger partial charge < -0.3 is 20.5 Å². The molecule has 0 bridgehead atoms. The number of ether oxygens (including phenoxy) is 1. The number of rotatable bonds is 5. The van der Waals surface area contributed by atoms with Gasteiger partial charge in [0.2, 0.25) is 5.91 Å². The summed E-state index contributed by atoms with van der Waals surface area (Å²) in [5, 5.41) is 14.5. The number of anilines is 1. The second-order valence-corrected chi connectivity index (χ2v) is 8.45. The lowest BCUT2D eigenvalue weighted by atomic mass is 9.79. The zero-order valence-corrected chi connectivity index (χ0v) is 16.9. The predicted octanol–water partition coefficient (Wildman–Crippen LogP) is 3.37. The van der Waals surface area contributed by atoms with Crippen LogP contribution in [-0.4, -0.2) is 33.7 Å². The Hall–Kier alpha value is -2.22. The van der Waals surface area contributed by atoms with Crippen LogP contribution in [0, 0.1) is 17.7 Å². The molecule has 1 aromatic rings. The first-order chi connectivity index (χ1) is 13.1. The molecule has 1 heterocycles. The summed E-state index contributed by atoms with van der Waals surface area (Å²) >= 11 is 0. The molecule has 156 valence electrons. The van der Waals surface area contributed by atoms with Crippen LogP contribution in [0.1, 0.15) is 58.9 Å². The van der Waals surface area contributed by atoms with E-state index in [1.165, 1.54) is 6.07 Å². The van der Waals surface area contributed by atoms with Crippen LogP contribution in [0.3, 0.4) is 0 Å². The van der Waals surface area contributed by atoms with Gasteiger partial charge in [-0.3, -0.25) is 4.79 Å². The third-order valence-electron chi connectivity index (χ3n) is 4.84. The van der Waals surface area contributed by atoms with Gasteiger partial charge in [-0.05, 0) is 51.5 Å². The maximum Gasteiger partial charge on any atom is 0.408 e. The summed E-state index contributed by atoms with van der Waals surface area (Å²) in [4.78, 5) is 29.0. The van der Waals surface area contributed by atoms with Crippen LogP contribution in [0.25, 0.3) is 0 Å². The lowest BCUT2D eigenvalue weighted by Crippen LogP contribution is -2.50. The molecule has 28 heavy (non-hydrogen) atoms. The predicted molar refractivity (Wildman–Crippen MR) is 103 cm³/mol. The molecule has 1 aliphatic carbocycles. The summed E-state index contributed by atoms with van der Waals surface area (Å²) in [5.41, 5.74) is -0.644.